The fraction of sp³-hybridized carbons (Fsp3) is 0.625. The Labute approximate surface area is 111 Å². The van der Waals surface area contributed by atoms with E-state index in [0.29, 0.717) is 12.0 Å². The number of nitrogens with two attached hydrogens (primary N) is 1. The number of para-hydroxylation sites is 1. The Hall–Kier alpha value is -1.02. The van der Waals surface area contributed by atoms with Gasteiger partial charge in [0.25, 0.3) is 0 Å². The van der Waals surface area contributed by atoms with Crippen LogP contribution in [0.15, 0.2) is 24.3 Å². The largest absolute Gasteiger partial charge is 0.496 e. The Balaban J connectivity index is 2.07. The maximum absolute atomic E-state index is 6.29. The van der Waals surface area contributed by atoms with Gasteiger partial charge in [-0.1, -0.05) is 31.5 Å². The van der Waals surface area contributed by atoms with E-state index in [4.69, 9.17) is 10.5 Å². The third-order valence-electron chi connectivity index (χ3n) is 4.40. The lowest BCUT2D eigenvalue weighted by atomic mass is 9.75. The summed E-state index contributed by atoms with van der Waals surface area (Å²) in [6.07, 6.45) is 6.10. The number of hydrogen-bond donors (Lipinski definition) is 1. The summed E-state index contributed by atoms with van der Waals surface area (Å²) in [6.45, 7) is 2.29. The normalized spacial score (nSPS) is 28.1. The van der Waals surface area contributed by atoms with Crippen LogP contribution in [0, 0.1) is 11.8 Å². The summed E-state index contributed by atoms with van der Waals surface area (Å²) >= 11 is 0. The SMILES string of the molecule is CCC1CCC(N)C(Cc2ccccc2OC)C1. The topological polar surface area (TPSA) is 35.2 Å². The van der Waals surface area contributed by atoms with E-state index in [1.807, 2.05) is 12.1 Å². The van der Waals surface area contributed by atoms with E-state index in [1.165, 1.54) is 31.2 Å². The van der Waals surface area contributed by atoms with Crippen LogP contribution in [-0.2, 0) is 6.42 Å². The van der Waals surface area contributed by atoms with Crippen molar-refractivity contribution in [3.8, 4) is 5.75 Å². The lowest BCUT2D eigenvalue weighted by Gasteiger charge is -2.34. The third kappa shape index (κ3) is 3.05. The van der Waals surface area contributed by atoms with Crippen LogP contribution in [-0.4, -0.2) is 13.2 Å². The van der Waals surface area contributed by atoms with E-state index < -0.39 is 0 Å². The van der Waals surface area contributed by atoms with E-state index in [9.17, 15) is 0 Å². The van der Waals surface area contributed by atoms with Crippen LogP contribution in [0.4, 0.5) is 0 Å². The number of benzene rings is 1. The molecule has 0 amide bonds. The number of ether oxygens (including phenoxy) is 1. The lowest BCUT2D eigenvalue weighted by Crippen LogP contribution is -2.37. The molecule has 1 aromatic rings. The first kappa shape index (κ1) is 13.4. The van der Waals surface area contributed by atoms with Crippen LogP contribution in [0.3, 0.4) is 0 Å². The molecule has 18 heavy (non-hydrogen) atoms. The van der Waals surface area contributed by atoms with Crippen molar-refractivity contribution in [3.05, 3.63) is 29.8 Å². The van der Waals surface area contributed by atoms with Crippen molar-refractivity contribution in [2.45, 2.75) is 45.1 Å². The molecule has 0 spiro atoms. The van der Waals surface area contributed by atoms with Gasteiger partial charge in [-0.05, 0) is 49.1 Å². The molecule has 0 saturated heterocycles. The summed E-state index contributed by atoms with van der Waals surface area (Å²) < 4.78 is 5.43. The van der Waals surface area contributed by atoms with Gasteiger partial charge in [0.2, 0.25) is 0 Å². The van der Waals surface area contributed by atoms with Crippen molar-refractivity contribution in [2.75, 3.05) is 7.11 Å². The summed E-state index contributed by atoms with van der Waals surface area (Å²) in [5.74, 6) is 2.48. The summed E-state index contributed by atoms with van der Waals surface area (Å²) in [7, 11) is 1.74. The molecule has 3 unspecified atom stereocenters. The van der Waals surface area contributed by atoms with Crippen molar-refractivity contribution in [3.63, 3.8) is 0 Å². The quantitative estimate of drug-likeness (QED) is 0.885. The predicted molar refractivity (Wildman–Crippen MR) is 75.8 cm³/mol. The molecule has 2 rings (SSSR count). The molecule has 0 bridgehead atoms. The van der Waals surface area contributed by atoms with Gasteiger partial charge in [0.15, 0.2) is 0 Å². The maximum atomic E-state index is 6.29. The minimum Gasteiger partial charge on any atom is -0.496 e. The van der Waals surface area contributed by atoms with Crippen molar-refractivity contribution < 1.29 is 4.74 Å². The molecular formula is C16H25NO. The summed E-state index contributed by atoms with van der Waals surface area (Å²) in [5.41, 5.74) is 7.60. The summed E-state index contributed by atoms with van der Waals surface area (Å²) in [5, 5.41) is 0. The predicted octanol–water partition coefficient (Wildman–Crippen LogP) is 3.39. The summed E-state index contributed by atoms with van der Waals surface area (Å²) in [4.78, 5) is 0. The third-order valence-corrected chi connectivity index (χ3v) is 4.40. The minimum atomic E-state index is 0.359. The first-order valence-electron chi connectivity index (χ1n) is 7.12. The van der Waals surface area contributed by atoms with Crippen molar-refractivity contribution >= 4 is 0 Å². The van der Waals surface area contributed by atoms with E-state index in [1.54, 1.807) is 7.11 Å². The Bertz CT molecular complexity index is 377. The number of hydrogen-bond acceptors (Lipinski definition) is 2. The Kier molecular flexibility index (Phi) is 4.65. The molecule has 1 fully saturated rings. The smallest absolute Gasteiger partial charge is 0.122 e. The zero-order chi connectivity index (χ0) is 13.0. The molecule has 1 saturated carbocycles. The molecule has 2 N–H and O–H groups in total. The molecule has 1 aliphatic rings. The summed E-state index contributed by atoms with van der Waals surface area (Å²) in [6, 6.07) is 8.68. The second kappa shape index (κ2) is 6.24. The molecule has 2 heteroatoms. The molecule has 2 nitrogen and oxygen atoms in total. The van der Waals surface area contributed by atoms with Crippen LogP contribution in [0.2, 0.25) is 0 Å². The zero-order valence-corrected chi connectivity index (χ0v) is 11.6. The minimum absolute atomic E-state index is 0.359. The maximum Gasteiger partial charge on any atom is 0.122 e. The molecular weight excluding hydrogens is 222 g/mol. The van der Waals surface area contributed by atoms with Gasteiger partial charge in [0.05, 0.1) is 7.11 Å². The molecule has 100 valence electrons. The molecule has 0 aliphatic heterocycles. The first-order valence-corrected chi connectivity index (χ1v) is 7.12. The second-order valence-corrected chi connectivity index (χ2v) is 5.53. The highest BCUT2D eigenvalue weighted by molar-refractivity contribution is 5.33. The van der Waals surface area contributed by atoms with Crippen LogP contribution in [0.1, 0.15) is 38.2 Å². The zero-order valence-electron chi connectivity index (χ0n) is 11.6. The van der Waals surface area contributed by atoms with Gasteiger partial charge in [0.1, 0.15) is 5.75 Å². The van der Waals surface area contributed by atoms with Gasteiger partial charge in [0, 0.05) is 6.04 Å². The highest BCUT2D eigenvalue weighted by Crippen LogP contribution is 2.34. The van der Waals surface area contributed by atoms with E-state index in [-0.39, 0.29) is 0 Å². The monoisotopic (exact) mass is 247 g/mol. The second-order valence-electron chi connectivity index (χ2n) is 5.53. The van der Waals surface area contributed by atoms with E-state index >= 15 is 0 Å². The van der Waals surface area contributed by atoms with Gasteiger partial charge in [-0.2, -0.15) is 0 Å². The van der Waals surface area contributed by atoms with Gasteiger partial charge >= 0.3 is 0 Å². The Morgan fingerprint density at radius 3 is 2.78 bits per heavy atom. The van der Waals surface area contributed by atoms with Crippen molar-refractivity contribution in [1.29, 1.82) is 0 Å². The van der Waals surface area contributed by atoms with Crippen molar-refractivity contribution in [2.24, 2.45) is 17.6 Å². The van der Waals surface area contributed by atoms with Crippen LogP contribution < -0.4 is 10.5 Å². The standard InChI is InChI=1S/C16H25NO/c1-3-12-8-9-15(17)14(10-12)11-13-6-4-5-7-16(13)18-2/h4-7,12,14-15H,3,8-11,17H2,1-2H3. The molecule has 3 atom stereocenters. The van der Waals surface area contributed by atoms with Crippen LogP contribution >= 0.6 is 0 Å². The molecule has 1 aliphatic carbocycles. The average Bonchev–Trinajstić information content (AvgIpc) is 2.42. The molecule has 0 radical (unpaired) electrons. The van der Waals surface area contributed by atoms with Crippen molar-refractivity contribution in [1.82, 2.24) is 0 Å². The Morgan fingerprint density at radius 2 is 2.06 bits per heavy atom. The van der Waals surface area contributed by atoms with E-state index in [2.05, 4.69) is 19.1 Å². The van der Waals surface area contributed by atoms with Crippen LogP contribution in [0.5, 0.6) is 5.75 Å². The molecule has 1 aromatic carbocycles. The fourth-order valence-corrected chi connectivity index (χ4v) is 3.14. The fourth-order valence-electron chi connectivity index (χ4n) is 3.14. The van der Waals surface area contributed by atoms with Gasteiger partial charge in [-0.3, -0.25) is 0 Å². The van der Waals surface area contributed by atoms with Gasteiger partial charge < -0.3 is 10.5 Å². The average molecular weight is 247 g/mol. The Morgan fingerprint density at radius 1 is 1.28 bits per heavy atom. The van der Waals surface area contributed by atoms with Crippen LogP contribution in [0.25, 0.3) is 0 Å². The molecule has 0 heterocycles. The first-order chi connectivity index (χ1) is 8.74. The number of rotatable bonds is 4. The van der Waals surface area contributed by atoms with Gasteiger partial charge in [-0.15, -0.1) is 0 Å². The highest BCUT2D eigenvalue weighted by atomic mass is 16.5. The lowest BCUT2D eigenvalue weighted by molar-refractivity contribution is 0.226. The number of methoxy groups -OCH3 is 1. The van der Waals surface area contributed by atoms with E-state index in [0.717, 1.165) is 18.1 Å². The molecule has 0 aromatic heterocycles. The van der Waals surface area contributed by atoms with Gasteiger partial charge in [-0.25, -0.2) is 0 Å². The highest BCUT2D eigenvalue weighted by Gasteiger charge is 2.27.